The maximum atomic E-state index is 11.0. The van der Waals surface area contributed by atoms with Gasteiger partial charge in [-0.05, 0) is 37.0 Å². The summed E-state index contributed by atoms with van der Waals surface area (Å²) < 4.78 is 0. The van der Waals surface area contributed by atoms with Crippen LogP contribution in [-0.2, 0) is 4.79 Å². The molecule has 15 heavy (non-hydrogen) atoms. The van der Waals surface area contributed by atoms with E-state index >= 15 is 0 Å². The number of hydrogen-bond acceptors (Lipinski definition) is 2. The quantitative estimate of drug-likeness (QED) is 0.767. The predicted octanol–water partition coefficient (Wildman–Crippen LogP) is 1.58. The van der Waals surface area contributed by atoms with E-state index in [9.17, 15) is 4.79 Å². The number of carboxylic acid groups (broad SMARTS) is 1. The van der Waals surface area contributed by atoms with Crippen LogP contribution >= 0.6 is 0 Å². The van der Waals surface area contributed by atoms with Crippen LogP contribution in [-0.4, -0.2) is 35.6 Å². The molecule has 0 radical (unpaired) electrons. The Morgan fingerprint density at radius 1 is 1.33 bits per heavy atom. The van der Waals surface area contributed by atoms with E-state index in [0.29, 0.717) is 11.3 Å². The molecule has 3 heteroatoms. The summed E-state index contributed by atoms with van der Waals surface area (Å²) in [4.78, 5) is 13.5. The minimum Gasteiger partial charge on any atom is -0.481 e. The molecule has 2 unspecified atom stereocenters. The molecule has 0 aromatic heterocycles. The first-order valence-corrected chi connectivity index (χ1v) is 6.14. The second-order valence-corrected chi connectivity index (χ2v) is 5.81. The summed E-state index contributed by atoms with van der Waals surface area (Å²) in [6.45, 7) is 3.53. The number of carbonyl (C=O) groups is 1. The summed E-state index contributed by atoms with van der Waals surface area (Å²) >= 11 is 0. The van der Waals surface area contributed by atoms with Crippen molar-refractivity contribution < 1.29 is 9.90 Å². The van der Waals surface area contributed by atoms with E-state index in [-0.39, 0.29) is 5.92 Å². The van der Waals surface area contributed by atoms with E-state index in [0.717, 1.165) is 25.8 Å². The first kappa shape index (κ1) is 9.64. The lowest BCUT2D eigenvalue weighted by Gasteiger charge is -2.42. The van der Waals surface area contributed by atoms with E-state index < -0.39 is 5.97 Å². The maximum absolute atomic E-state index is 11.0. The number of rotatable bonds is 3. The first-order chi connectivity index (χ1) is 7.19. The standard InChI is InChI=1S/C12H19NO2/c14-11(15)10-3-1-2-9(10)6-13-7-12(8-13)4-5-12/h9-10H,1-8H2,(H,14,15). The molecule has 0 amide bonds. The van der Waals surface area contributed by atoms with Crippen LogP contribution in [0.15, 0.2) is 0 Å². The fourth-order valence-electron chi connectivity index (χ4n) is 3.44. The Morgan fingerprint density at radius 2 is 2.07 bits per heavy atom. The van der Waals surface area contributed by atoms with Crippen LogP contribution in [0.1, 0.15) is 32.1 Å². The zero-order valence-electron chi connectivity index (χ0n) is 9.11. The topological polar surface area (TPSA) is 40.5 Å². The molecule has 0 bridgehead atoms. The Kier molecular flexibility index (Phi) is 2.06. The van der Waals surface area contributed by atoms with E-state index in [1.807, 2.05) is 0 Å². The summed E-state index contributed by atoms with van der Waals surface area (Å²) in [6, 6.07) is 0. The minimum absolute atomic E-state index is 0.0549. The van der Waals surface area contributed by atoms with Crippen molar-refractivity contribution in [1.29, 1.82) is 0 Å². The van der Waals surface area contributed by atoms with Crippen LogP contribution in [0.25, 0.3) is 0 Å². The van der Waals surface area contributed by atoms with Crippen LogP contribution in [0.4, 0.5) is 0 Å². The van der Waals surface area contributed by atoms with Crippen LogP contribution < -0.4 is 0 Å². The lowest BCUT2D eigenvalue weighted by Crippen LogP contribution is -2.50. The van der Waals surface area contributed by atoms with Crippen molar-refractivity contribution in [2.75, 3.05) is 19.6 Å². The highest BCUT2D eigenvalue weighted by molar-refractivity contribution is 5.70. The average Bonchev–Trinajstić information content (AvgIpc) is 2.76. The van der Waals surface area contributed by atoms with E-state index in [4.69, 9.17) is 5.11 Å². The lowest BCUT2D eigenvalue weighted by atomic mass is 9.91. The van der Waals surface area contributed by atoms with Gasteiger partial charge in [-0.2, -0.15) is 0 Å². The van der Waals surface area contributed by atoms with Gasteiger partial charge in [0.2, 0.25) is 0 Å². The van der Waals surface area contributed by atoms with Crippen molar-refractivity contribution >= 4 is 5.97 Å². The summed E-state index contributed by atoms with van der Waals surface area (Å²) in [5, 5.41) is 9.08. The third-order valence-electron chi connectivity index (χ3n) is 4.54. The second kappa shape index (κ2) is 3.21. The molecule has 0 aromatic rings. The predicted molar refractivity (Wildman–Crippen MR) is 56.6 cm³/mol. The zero-order chi connectivity index (χ0) is 10.5. The molecule has 2 aliphatic carbocycles. The van der Waals surface area contributed by atoms with Gasteiger partial charge in [-0.25, -0.2) is 0 Å². The number of aliphatic carboxylic acids is 1. The highest BCUT2D eigenvalue weighted by atomic mass is 16.4. The van der Waals surface area contributed by atoms with Gasteiger partial charge in [0.05, 0.1) is 5.92 Å². The zero-order valence-corrected chi connectivity index (χ0v) is 9.11. The van der Waals surface area contributed by atoms with E-state index in [1.54, 1.807) is 0 Å². The van der Waals surface area contributed by atoms with Gasteiger partial charge in [-0.3, -0.25) is 4.79 Å². The van der Waals surface area contributed by atoms with Gasteiger partial charge in [0, 0.05) is 19.6 Å². The van der Waals surface area contributed by atoms with Crippen LogP contribution in [0, 0.1) is 17.3 Å². The Hall–Kier alpha value is -0.570. The fourth-order valence-corrected chi connectivity index (χ4v) is 3.44. The number of hydrogen-bond donors (Lipinski definition) is 1. The second-order valence-electron chi connectivity index (χ2n) is 5.81. The van der Waals surface area contributed by atoms with Gasteiger partial charge in [0.25, 0.3) is 0 Å². The third-order valence-corrected chi connectivity index (χ3v) is 4.54. The van der Waals surface area contributed by atoms with Gasteiger partial charge in [-0.1, -0.05) is 6.42 Å². The third kappa shape index (κ3) is 1.67. The smallest absolute Gasteiger partial charge is 0.306 e. The summed E-state index contributed by atoms with van der Waals surface area (Å²) in [7, 11) is 0. The molecule has 1 N–H and O–H groups in total. The molecule has 1 spiro atoms. The first-order valence-electron chi connectivity index (χ1n) is 6.14. The molecular formula is C12H19NO2. The molecule has 3 rings (SSSR count). The Morgan fingerprint density at radius 3 is 2.67 bits per heavy atom. The van der Waals surface area contributed by atoms with Gasteiger partial charge in [0.1, 0.15) is 0 Å². The monoisotopic (exact) mass is 209 g/mol. The van der Waals surface area contributed by atoms with Crippen molar-refractivity contribution in [2.45, 2.75) is 32.1 Å². The molecule has 2 atom stereocenters. The van der Waals surface area contributed by atoms with Crippen molar-refractivity contribution in [3.8, 4) is 0 Å². The Balaban J connectivity index is 1.52. The maximum Gasteiger partial charge on any atom is 0.306 e. The summed E-state index contributed by atoms with van der Waals surface area (Å²) in [5.74, 6) is -0.196. The normalized spacial score (nSPS) is 37.9. The van der Waals surface area contributed by atoms with Gasteiger partial charge < -0.3 is 10.0 Å². The number of likely N-dealkylation sites (tertiary alicyclic amines) is 1. The largest absolute Gasteiger partial charge is 0.481 e. The van der Waals surface area contributed by atoms with E-state index in [2.05, 4.69) is 4.90 Å². The SMILES string of the molecule is O=C(O)C1CCCC1CN1CC2(CC2)C1. The molecule has 3 nitrogen and oxygen atoms in total. The Bertz CT molecular complexity index is 277. The number of nitrogens with zero attached hydrogens (tertiary/aromatic N) is 1. The minimum atomic E-state index is -0.570. The molecule has 1 aliphatic heterocycles. The average molecular weight is 209 g/mol. The van der Waals surface area contributed by atoms with E-state index in [1.165, 1.54) is 25.9 Å². The molecule has 3 aliphatic rings. The molecular weight excluding hydrogens is 190 g/mol. The summed E-state index contributed by atoms with van der Waals surface area (Å²) in [5.41, 5.74) is 0.706. The summed E-state index contributed by atoms with van der Waals surface area (Å²) in [6.07, 6.45) is 5.97. The molecule has 3 fully saturated rings. The number of carboxylic acids is 1. The van der Waals surface area contributed by atoms with Gasteiger partial charge in [-0.15, -0.1) is 0 Å². The van der Waals surface area contributed by atoms with Crippen molar-refractivity contribution in [3.05, 3.63) is 0 Å². The highest BCUT2D eigenvalue weighted by Crippen LogP contribution is 2.53. The van der Waals surface area contributed by atoms with Gasteiger partial charge >= 0.3 is 5.97 Å². The molecule has 1 heterocycles. The van der Waals surface area contributed by atoms with Crippen molar-refractivity contribution in [1.82, 2.24) is 4.90 Å². The molecule has 2 saturated carbocycles. The van der Waals surface area contributed by atoms with Gasteiger partial charge in [0.15, 0.2) is 0 Å². The van der Waals surface area contributed by atoms with Crippen LogP contribution in [0.3, 0.4) is 0 Å². The van der Waals surface area contributed by atoms with Crippen LogP contribution in [0.2, 0.25) is 0 Å². The fraction of sp³-hybridized carbons (Fsp3) is 0.917. The molecule has 1 saturated heterocycles. The highest BCUT2D eigenvalue weighted by Gasteiger charge is 2.52. The Labute approximate surface area is 90.5 Å². The molecule has 0 aromatic carbocycles. The van der Waals surface area contributed by atoms with Crippen LogP contribution in [0.5, 0.6) is 0 Å². The lowest BCUT2D eigenvalue weighted by molar-refractivity contribution is -0.143. The molecule has 84 valence electrons. The van der Waals surface area contributed by atoms with Crippen molar-refractivity contribution in [2.24, 2.45) is 17.3 Å². The van der Waals surface area contributed by atoms with Crippen molar-refractivity contribution in [3.63, 3.8) is 0 Å².